The number of unbranched alkanes of at least 4 members (excludes halogenated alkanes) is 5. The lowest BCUT2D eigenvalue weighted by atomic mass is 9.90. The molecule has 1 aliphatic heterocycles. The van der Waals surface area contributed by atoms with Crippen molar-refractivity contribution in [3.05, 3.63) is 29.8 Å². The van der Waals surface area contributed by atoms with Crippen molar-refractivity contribution in [2.75, 3.05) is 31.6 Å². The molecule has 0 radical (unpaired) electrons. The van der Waals surface area contributed by atoms with Crippen molar-refractivity contribution >= 4 is 29.5 Å². The summed E-state index contributed by atoms with van der Waals surface area (Å²) in [5.41, 5.74) is 1.11. The smallest absolute Gasteiger partial charge is 0.412 e. The molecule has 1 heterocycles. The van der Waals surface area contributed by atoms with Crippen LogP contribution in [0.25, 0.3) is 0 Å². The lowest BCUT2D eigenvalue weighted by molar-refractivity contribution is -0.146. The number of alkyl carbamates (subject to hydrolysis) is 1. The van der Waals surface area contributed by atoms with Gasteiger partial charge in [-0.15, -0.1) is 0 Å². The van der Waals surface area contributed by atoms with E-state index in [2.05, 4.69) is 17.6 Å². The van der Waals surface area contributed by atoms with E-state index in [9.17, 15) is 14.4 Å². The molecule has 37 heavy (non-hydrogen) atoms. The van der Waals surface area contributed by atoms with E-state index in [1.807, 2.05) is 11.8 Å². The number of hydrogen-bond acceptors (Lipinski definition) is 7. The summed E-state index contributed by atoms with van der Waals surface area (Å²) in [6.45, 7) is 7.49. The van der Waals surface area contributed by atoms with Gasteiger partial charge < -0.3 is 14.8 Å². The molecule has 2 amide bonds. The van der Waals surface area contributed by atoms with E-state index in [1.165, 1.54) is 19.3 Å². The van der Waals surface area contributed by atoms with Crippen LogP contribution in [-0.2, 0) is 19.1 Å². The Labute approximate surface area is 221 Å². The number of rotatable bonds is 14. The molecule has 9 nitrogen and oxygen atoms in total. The SMILES string of the molecule is CCCCCCCCOC(=O)NC(=N)c1ccc(NC(=O)C(C)C2CCCCN2CC(=O)OCC)cc1. The summed E-state index contributed by atoms with van der Waals surface area (Å²) < 4.78 is 10.3. The van der Waals surface area contributed by atoms with Gasteiger partial charge >= 0.3 is 12.1 Å². The zero-order valence-electron chi connectivity index (χ0n) is 22.6. The molecule has 0 aromatic heterocycles. The largest absolute Gasteiger partial charge is 0.465 e. The third-order valence-corrected chi connectivity index (χ3v) is 6.69. The molecule has 1 saturated heterocycles. The van der Waals surface area contributed by atoms with Crippen LogP contribution < -0.4 is 10.6 Å². The van der Waals surface area contributed by atoms with Crippen molar-refractivity contribution in [1.29, 1.82) is 5.41 Å². The first-order valence-electron chi connectivity index (χ1n) is 13.7. The first-order valence-corrected chi connectivity index (χ1v) is 13.7. The van der Waals surface area contributed by atoms with Gasteiger partial charge in [0.1, 0.15) is 5.84 Å². The molecule has 3 N–H and O–H groups in total. The first kappa shape index (κ1) is 30.3. The molecule has 2 rings (SSSR count). The highest BCUT2D eigenvalue weighted by Gasteiger charge is 2.32. The van der Waals surface area contributed by atoms with Crippen LogP contribution in [-0.4, -0.2) is 61.1 Å². The fourth-order valence-corrected chi connectivity index (χ4v) is 4.56. The maximum Gasteiger partial charge on any atom is 0.412 e. The molecule has 1 fully saturated rings. The summed E-state index contributed by atoms with van der Waals surface area (Å²) in [5, 5.41) is 13.5. The summed E-state index contributed by atoms with van der Waals surface area (Å²) in [7, 11) is 0. The lowest BCUT2D eigenvalue weighted by Gasteiger charge is -2.38. The minimum atomic E-state index is -0.635. The Morgan fingerprint density at radius 2 is 1.73 bits per heavy atom. The Balaban J connectivity index is 1.80. The van der Waals surface area contributed by atoms with Crippen molar-refractivity contribution in [3.8, 4) is 0 Å². The van der Waals surface area contributed by atoms with Crippen molar-refractivity contribution in [2.45, 2.75) is 84.6 Å². The zero-order valence-corrected chi connectivity index (χ0v) is 22.6. The van der Waals surface area contributed by atoms with Crippen LogP contribution in [0.2, 0.25) is 0 Å². The fourth-order valence-electron chi connectivity index (χ4n) is 4.56. The number of amidine groups is 1. The molecule has 0 spiro atoms. The number of anilines is 1. The average molecular weight is 517 g/mol. The quantitative estimate of drug-likeness (QED) is 0.137. The Kier molecular flexibility index (Phi) is 13.7. The highest BCUT2D eigenvalue weighted by molar-refractivity contribution is 6.04. The van der Waals surface area contributed by atoms with Crippen molar-refractivity contribution in [1.82, 2.24) is 10.2 Å². The third-order valence-electron chi connectivity index (χ3n) is 6.69. The summed E-state index contributed by atoms with van der Waals surface area (Å²) >= 11 is 0. The standard InChI is InChI=1S/C28H44N4O5/c1-4-6-7-8-9-12-19-37-28(35)31-26(29)22-14-16-23(17-15-22)30-27(34)21(3)24-13-10-11-18-32(24)20-25(33)36-5-2/h14-17,21,24H,4-13,18-20H2,1-3H3,(H,30,34)(H2,29,31,35). The van der Waals surface area contributed by atoms with E-state index in [-0.39, 0.29) is 36.2 Å². The van der Waals surface area contributed by atoms with E-state index in [1.54, 1.807) is 31.2 Å². The number of nitrogens with one attached hydrogen (secondary N) is 3. The summed E-state index contributed by atoms with van der Waals surface area (Å²) in [4.78, 5) is 39.0. The number of piperidine rings is 1. The van der Waals surface area contributed by atoms with Gasteiger partial charge in [0, 0.05) is 17.3 Å². The van der Waals surface area contributed by atoms with Crippen molar-refractivity contribution in [3.63, 3.8) is 0 Å². The maximum atomic E-state index is 13.0. The van der Waals surface area contributed by atoms with E-state index in [4.69, 9.17) is 14.9 Å². The molecular formula is C28H44N4O5. The molecular weight excluding hydrogens is 472 g/mol. The maximum absolute atomic E-state index is 13.0. The molecule has 1 aromatic rings. The second-order valence-corrected chi connectivity index (χ2v) is 9.60. The van der Waals surface area contributed by atoms with E-state index >= 15 is 0 Å². The second-order valence-electron chi connectivity index (χ2n) is 9.60. The zero-order chi connectivity index (χ0) is 27.0. The third kappa shape index (κ3) is 10.9. The van der Waals surface area contributed by atoms with Gasteiger partial charge in [0.05, 0.1) is 25.7 Å². The molecule has 206 valence electrons. The van der Waals surface area contributed by atoms with Gasteiger partial charge in [-0.05, 0) is 57.0 Å². The van der Waals surface area contributed by atoms with Gasteiger partial charge in [-0.1, -0.05) is 52.4 Å². The predicted octanol–water partition coefficient (Wildman–Crippen LogP) is 5.09. The molecule has 9 heteroatoms. The second kappa shape index (κ2) is 16.7. The van der Waals surface area contributed by atoms with Crippen molar-refractivity contribution < 1.29 is 23.9 Å². The van der Waals surface area contributed by atoms with Crippen LogP contribution in [0, 0.1) is 11.3 Å². The molecule has 0 bridgehead atoms. The fraction of sp³-hybridized carbons (Fsp3) is 0.643. The number of benzene rings is 1. The number of ether oxygens (including phenoxy) is 2. The number of carbonyl (C=O) groups excluding carboxylic acids is 3. The number of carbonyl (C=O) groups is 3. The molecule has 0 aliphatic carbocycles. The van der Waals surface area contributed by atoms with E-state index in [0.29, 0.717) is 24.5 Å². The highest BCUT2D eigenvalue weighted by Crippen LogP contribution is 2.24. The minimum Gasteiger partial charge on any atom is -0.465 e. The predicted molar refractivity (Wildman–Crippen MR) is 145 cm³/mol. The Morgan fingerprint density at radius 1 is 1.03 bits per heavy atom. The number of amides is 2. The molecule has 1 aliphatic rings. The number of nitrogens with zero attached hydrogens (tertiary/aromatic N) is 1. The lowest BCUT2D eigenvalue weighted by Crippen LogP contribution is -2.49. The topological polar surface area (TPSA) is 121 Å². The minimum absolute atomic E-state index is 0.0304. The van der Waals surface area contributed by atoms with E-state index in [0.717, 1.165) is 45.1 Å². The monoisotopic (exact) mass is 516 g/mol. The Bertz CT molecular complexity index is 874. The Hall–Kier alpha value is -2.94. The number of hydrogen-bond donors (Lipinski definition) is 3. The van der Waals surface area contributed by atoms with Gasteiger partial charge in [0.15, 0.2) is 0 Å². The highest BCUT2D eigenvalue weighted by atomic mass is 16.5. The van der Waals surface area contributed by atoms with Gasteiger partial charge in [-0.3, -0.25) is 25.2 Å². The molecule has 1 aromatic carbocycles. The van der Waals surface area contributed by atoms with Gasteiger partial charge in [-0.2, -0.15) is 0 Å². The Morgan fingerprint density at radius 3 is 2.43 bits per heavy atom. The van der Waals surface area contributed by atoms with Crippen LogP contribution >= 0.6 is 0 Å². The normalized spacial score (nSPS) is 16.5. The first-order chi connectivity index (χ1) is 17.8. The van der Waals surface area contributed by atoms with Crippen LogP contribution in [0.4, 0.5) is 10.5 Å². The van der Waals surface area contributed by atoms with Gasteiger partial charge in [0.2, 0.25) is 5.91 Å². The molecule has 2 unspecified atom stereocenters. The van der Waals surface area contributed by atoms with Crippen LogP contribution in [0.3, 0.4) is 0 Å². The average Bonchev–Trinajstić information content (AvgIpc) is 2.88. The van der Waals surface area contributed by atoms with Crippen LogP contribution in [0.15, 0.2) is 24.3 Å². The number of esters is 1. The number of likely N-dealkylation sites (tertiary alicyclic amines) is 1. The van der Waals surface area contributed by atoms with Gasteiger partial charge in [0.25, 0.3) is 0 Å². The molecule has 0 saturated carbocycles. The van der Waals surface area contributed by atoms with Crippen molar-refractivity contribution in [2.24, 2.45) is 5.92 Å². The van der Waals surface area contributed by atoms with Gasteiger partial charge in [-0.25, -0.2) is 4.79 Å². The summed E-state index contributed by atoms with van der Waals surface area (Å²) in [5.74, 6) is -0.758. The molecule has 2 atom stereocenters. The summed E-state index contributed by atoms with van der Waals surface area (Å²) in [6, 6.07) is 6.72. The van der Waals surface area contributed by atoms with Crippen LogP contribution in [0.5, 0.6) is 0 Å². The summed E-state index contributed by atoms with van der Waals surface area (Å²) in [6.07, 6.45) is 8.86. The van der Waals surface area contributed by atoms with E-state index < -0.39 is 6.09 Å². The van der Waals surface area contributed by atoms with Crippen LogP contribution in [0.1, 0.15) is 84.1 Å².